The number of ether oxygens (including phenoxy) is 3. The second-order valence-electron chi connectivity index (χ2n) is 5.09. The minimum absolute atomic E-state index is 0.00858. The first-order valence-corrected chi connectivity index (χ1v) is 6.69. The molecule has 0 aliphatic heterocycles. The van der Waals surface area contributed by atoms with E-state index in [1.54, 1.807) is 6.92 Å². The Morgan fingerprint density at radius 3 is 2.00 bits per heavy atom. The van der Waals surface area contributed by atoms with Gasteiger partial charge < -0.3 is 14.2 Å². The van der Waals surface area contributed by atoms with Crippen LogP contribution < -0.4 is 0 Å². The van der Waals surface area contributed by atoms with E-state index in [0.717, 1.165) is 6.92 Å². The monoisotopic (exact) mass is 302 g/mol. The van der Waals surface area contributed by atoms with Crippen molar-refractivity contribution in [2.24, 2.45) is 11.3 Å². The maximum absolute atomic E-state index is 12.1. The number of Topliss-reactive ketones (excluding diaryl/α,β-unsaturated/α-hetero) is 1. The van der Waals surface area contributed by atoms with E-state index in [1.807, 2.05) is 13.8 Å². The highest BCUT2D eigenvalue weighted by atomic mass is 16.7. The summed E-state index contributed by atoms with van der Waals surface area (Å²) in [5, 5.41) is 0. The van der Waals surface area contributed by atoms with Gasteiger partial charge in [0.05, 0.1) is 6.61 Å². The number of hydrogen-bond donors (Lipinski definition) is 0. The Bertz CT molecular complexity index is 414. The molecule has 0 fully saturated rings. The third-order valence-electron chi connectivity index (χ3n) is 2.76. The molecular formula is C14H22O7. The fourth-order valence-electron chi connectivity index (χ4n) is 1.89. The molecule has 1 atom stereocenters. The summed E-state index contributed by atoms with van der Waals surface area (Å²) >= 11 is 0. The lowest BCUT2D eigenvalue weighted by Crippen LogP contribution is -2.45. The molecule has 0 amide bonds. The zero-order chi connectivity index (χ0) is 16.6. The molecule has 0 bridgehead atoms. The first-order valence-electron chi connectivity index (χ1n) is 6.69. The summed E-state index contributed by atoms with van der Waals surface area (Å²) < 4.78 is 13.9. The minimum atomic E-state index is -1.58. The van der Waals surface area contributed by atoms with Gasteiger partial charge in [-0.25, -0.2) is 4.79 Å². The van der Waals surface area contributed by atoms with Crippen LogP contribution in [0, 0.1) is 11.3 Å². The number of ketones is 1. The van der Waals surface area contributed by atoms with Gasteiger partial charge in [-0.2, -0.15) is 0 Å². The van der Waals surface area contributed by atoms with Gasteiger partial charge in [0.15, 0.2) is 11.2 Å². The van der Waals surface area contributed by atoms with E-state index in [-0.39, 0.29) is 18.9 Å². The van der Waals surface area contributed by atoms with Crippen LogP contribution >= 0.6 is 0 Å². The second-order valence-corrected chi connectivity index (χ2v) is 5.09. The smallest absolute Gasteiger partial charge is 0.465 e. The van der Waals surface area contributed by atoms with Crippen molar-refractivity contribution in [1.29, 1.82) is 0 Å². The minimum Gasteiger partial charge on any atom is -0.465 e. The van der Waals surface area contributed by atoms with Crippen molar-refractivity contribution in [3.05, 3.63) is 0 Å². The molecule has 0 aromatic heterocycles. The zero-order valence-corrected chi connectivity index (χ0v) is 13.1. The van der Waals surface area contributed by atoms with Gasteiger partial charge in [0, 0.05) is 6.92 Å². The van der Waals surface area contributed by atoms with Crippen molar-refractivity contribution >= 4 is 23.9 Å². The van der Waals surface area contributed by atoms with Crippen LogP contribution in [0.15, 0.2) is 0 Å². The van der Waals surface area contributed by atoms with Crippen molar-refractivity contribution < 1.29 is 33.4 Å². The van der Waals surface area contributed by atoms with Gasteiger partial charge in [-0.15, -0.1) is 0 Å². The highest BCUT2D eigenvalue weighted by Crippen LogP contribution is 2.30. The van der Waals surface area contributed by atoms with E-state index < -0.39 is 35.9 Å². The predicted molar refractivity (Wildman–Crippen MR) is 72.3 cm³/mol. The molecule has 0 N–H and O–H groups in total. The molecule has 120 valence electrons. The zero-order valence-electron chi connectivity index (χ0n) is 13.1. The average Bonchev–Trinajstić information content (AvgIpc) is 2.32. The van der Waals surface area contributed by atoms with E-state index in [0.29, 0.717) is 0 Å². The molecule has 0 radical (unpaired) electrons. The van der Waals surface area contributed by atoms with Crippen LogP contribution in [-0.4, -0.2) is 37.1 Å². The fraction of sp³-hybridized carbons (Fsp3) is 0.714. The normalized spacial score (nSPS) is 13.2. The van der Waals surface area contributed by atoms with E-state index >= 15 is 0 Å². The van der Waals surface area contributed by atoms with Crippen LogP contribution in [0.25, 0.3) is 0 Å². The van der Waals surface area contributed by atoms with Gasteiger partial charge in [-0.1, -0.05) is 13.8 Å². The van der Waals surface area contributed by atoms with Gasteiger partial charge >= 0.3 is 18.1 Å². The number of carbonyl (C=O) groups is 4. The molecule has 0 rings (SSSR count). The predicted octanol–water partition coefficient (Wildman–Crippen LogP) is 1.87. The summed E-state index contributed by atoms with van der Waals surface area (Å²) in [7, 11) is 0. The van der Waals surface area contributed by atoms with E-state index in [9.17, 15) is 19.2 Å². The molecule has 0 aliphatic rings. The Hall–Kier alpha value is -1.92. The first-order chi connectivity index (χ1) is 9.65. The second kappa shape index (κ2) is 8.39. The molecule has 0 heterocycles. The molecular weight excluding hydrogens is 280 g/mol. The third-order valence-corrected chi connectivity index (χ3v) is 2.76. The maximum Gasteiger partial charge on any atom is 0.516 e. The fourth-order valence-corrected chi connectivity index (χ4v) is 1.89. The van der Waals surface area contributed by atoms with Gasteiger partial charge in [-0.3, -0.25) is 14.4 Å². The van der Waals surface area contributed by atoms with Crippen LogP contribution in [-0.2, 0) is 28.6 Å². The third kappa shape index (κ3) is 5.93. The summed E-state index contributed by atoms with van der Waals surface area (Å²) in [5.74, 6) is -2.06. The lowest BCUT2D eigenvalue weighted by Gasteiger charge is -2.29. The standard InChI is InChI=1S/C14H22O7/c1-6-19-12(17)14(10(4)15,7-9(2)3)8-20-13(18)21-11(5)16/h9H,6-8H2,1-5H3. The number of rotatable bonds is 7. The largest absolute Gasteiger partial charge is 0.516 e. The van der Waals surface area contributed by atoms with Gasteiger partial charge in [0.2, 0.25) is 0 Å². The number of esters is 2. The van der Waals surface area contributed by atoms with Gasteiger partial charge in [-0.05, 0) is 26.2 Å². The van der Waals surface area contributed by atoms with Crippen molar-refractivity contribution in [2.45, 2.75) is 41.0 Å². The molecule has 0 aromatic rings. The Morgan fingerprint density at radius 1 is 1.05 bits per heavy atom. The van der Waals surface area contributed by atoms with Crippen LogP contribution in [0.1, 0.15) is 41.0 Å². The van der Waals surface area contributed by atoms with Crippen LogP contribution in [0.5, 0.6) is 0 Å². The molecule has 21 heavy (non-hydrogen) atoms. The Labute approximate surface area is 123 Å². The van der Waals surface area contributed by atoms with Crippen molar-refractivity contribution in [3.63, 3.8) is 0 Å². The summed E-state index contributed by atoms with van der Waals surface area (Å²) in [6.45, 7) is 7.12. The van der Waals surface area contributed by atoms with Crippen molar-refractivity contribution in [3.8, 4) is 0 Å². The van der Waals surface area contributed by atoms with Gasteiger partial charge in [0.1, 0.15) is 6.61 Å². The number of hydrogen-bond acceptors (Lipinski definition) is 7. The summed E-state index contributed by atoms with van der Waals surface area (Å²) in [6.07, 6.45) is -1.09. The summed E-state index contributed by atoms with van der Waals surface area (Å²) in [4.78, 5) is 46.0. The van der Waals surface area contributed by atoms with E-state index in [1.165, 1.54) is 6.92 Å². The topological polar surface area (TPSA) is 96.0 Å². The van der Waals surface area contributed by atoms with Crippen molar-refractivity contribution in [1.82, 2.24) is 0 Å². The number of carbonyl (C=O) groups excluding carboxylic acids is 4. The molecule has 1 unspecified atom stereocenters. The van der Waals surface area contributed by atoms with Crippen LogP contribution in [0.3, 0.4) is 0 Å². The SMILES string of the molecule is CCOC(=O)C(COC(=O)OC(C)=O)(CC(C)C)C(C)=O. The molecule has 0 aliphatic carbocycles. The molecule has 0 saturated carbocycles. The molecule has 0 spiro atoms. The highest BCUT2D eigenvalue weighted by Gasteiger charge is 2.46. The highest BCUT2D eigenvalue weighted by molar-refractivity contribution is 6.03. The molecule has 7 heteroatoms. The lowest BCUT2D eigenvalue weighted by atomic mass is 9.77. The molecule has 0 saturated heterocycles. The summed E-state index contributed by atoms with van der Waals surface area (Å²) in [5.41, 5.74) is -1.58. The van der Waals surface area contributed by atoms with Crippen LogP contribution in [0.4, 0.5) is 4.79 Å². The van der Waals surface area contributed by atoms with Gasteiger partial charge in [0.25, 0.3) is 0 Å². The Morgan fingerprint density at radius 2 is 1.62 bits per heavy atom. The summed E-state index contributed by atoms with van der Waals surface area (Å²) in [6, 6.07) is 0. The Balaban J connectivity index is 5.18. The molecule has 7 nitrogen and oxygen atoms in total. The molecule has 0 aromatic carbocycles. The quantitative estimate of drug-likeness (QED) is 0.523. The lowest BCUT2D eigenvalue weighted by molar-refractivity contribution is -0.164. The Kier molecular flexibility index (Phi) is 7.62. The van der Waals surface area contributed by atoms with Crippen LogP contribution in [0.2, 0.25) is 0 Å². The van der Waals surface area contributed by atoms with E-state index in [4.69, 9.17) is 9.47 Å². The van der Waals surface area contributed by atoms with Crippen molar-refractivity contribution in [2.75, 3.05) is 13.2 Å². The van der Waals surface area contributed by atoms with E-state index in [2.05, 4.69) is 4.74 Å². The average molecular weight is 302 g/mol. The first kappa shape index (κ1) is 19.1. The maximum atomic E-state index is 12.1.